The van der Waals surface area contributed by atoms with Gasteiger partial charge in [-0.05, 0) is 39.1 Å². The van der Waals surface area contributed by atoms with Crippen LogP contribution in [0.4, 0.5) is 18.9 Å². The van der Waals surface area contributed by atoms with Gasteiger partial charge >= 0.3 is 6.18 Å². The molecule has 0 spiro atoms. The maximum absolute atomic E-state index is 12.7. The zero-order chi connectivity index (χ0) is 15.6. The number of benzene rings is 1. The van der Waals surface area contributed by atoms with Crippen molar-refractivity contribution in [2.24, 2.45) is 0 Å². The lowest BCUT2D eigenvalue weighted by atomic mass is 10.1. The number of nitrogens with one attached hydrogen (secondary N) is 1. The summed E-state index contributed by atoms with van der Waals surface area (Å²) < 4.78 is 38.0. The van der Waals surface area contributed by atoms with Gasteiger partial charge in [0.25, 0.3) is 0 Å². The van der Waals surface area contributed by atoms with Gasteiger partial charge in [-0.3, -0.25) is 4.90 Å². The third kappa shape index (κ3) is 4.11. The maximum Gasteiger partial charge on any atom is 0.416 e. The minimum absolute atomic E-state index is 0.379. The van der Waals surface area contributed by atoms with Crippen molar-refractivity contribution in [1.82, 2.24) is 9.80 Å². The third-order valence-electron chi connectivity index (χ3n) is 4.10. The predicted octanol–water partition coefficient (Wildman–Crippen LogP) is 3.10. The van der Waals surface area contributed by atoms with Crippen LogP contribution in [0.1, 0.15) is 19.4 Å². The summed E-state index contributed by atoms with van der Waals surface area (Å²) in [6.45, 7) is 6.72. The van der Waals surface area contributed by atoms with E-state index in [1.54, 1.807) is 6.07 Å². The van der Waals surface area contributed by atoms with Gasteiger partial charge in [-0.1, -0.05) is 6.07 Å². The molecule has 21 heavy (non-hydrogen) atoms. The Kier molecular flexibility index (Phi) is 4.78. The highest BCUT2D eigenvalue weighted by Crippen LogP contribution is 2.30. The van der Waals surface area contributed by atoms with E-state index >= 15 is 0 Å². The van der Waals surface area contributed by atoms with Gasteiger partial charge in [-0.25, -0.2) is 0 Å². The van der Waals surface area contributed by atoms with E-state index in [2.05, 4.69) is 36.0 Å². The quantitative estimate of drug-likeness (QED) is 0.925. The van der Waals surface area contributed by atoms with E-state index in [9.17, 15) is 13.2 Å². The van der Waals surface area contributed by atoms with Crippen molar-refractivity contribution in [3.8, 4) is 0 Å². The zero-order valence-electron chi connectivity index (χ0n) is 12.6. The standard InChI is InChI=1S/C15H22F3N3/c1-11-9-21(12(2)8-20(11)3)10-19-14-6-4-5-13(7-14)15(16,17)18/h4-7,11-12,19H,8-10H2,1-3H3/t11-,12+/m1/s1. The van der Waals surface area contributed by atoms with Crippen LogP contribution in [-0.4, -0.2) is 48.7 Å². The SMILES string of the molecule is C[C@@H]1CN(CNc2cccc(C(F)(F)F)c2)[C@@H](C)CN1C. The van der Waals surface area contributed by atoms with Crippen molar-refractivity contribution in [2.75, 3.05) is 32.1 Å². The molecule has 1 aliphatic heterocycles. The molecule has 0 bridgehead atoms. The van der Waals surface area contributed by atoms with E-state index in [4.69, 9.17) is 0 Å². The van der Waals surface area contributed by atoms with Crippen molar-refractivity contribution in [1.29, 1.82) is 0 Å². The van der Waals surface area contributed by atoms with Gasteiger partial charge in [0.2, 0.25) is 0 Å². The van der Waals surface area contributed by atoms with Crippen LogP contribution in [0.15, 0.2) is 24.3 Å². The van der Waals surface area contributed by atoms with Crippen LogP contribution in [0.25, 0.3) is 0 Å². The molecule has 1 N–H and O–H groups in total. The molecule has 6 heteroatoms. The van der Waals surface area contributed by atoms with E-state index in [0.717, 1.165) is 25.2 Å². The first-order valence-electron chi connectivity index (χ1n) is 7.13. The highest BCUT2D eigenvalue weighted by atomic mass is 19.4. The summed E-state index contributed by atoms with van der Waals surface area (Å²) in [7, 11) is 2.10. The van der Waals surface area contributed by atoms with Crippen molar-refractivity contribution in [2.45, 2.75) is 32.1 Å². The summed E-state index contributed by atoms with van der Waals surface area (Å²) in [6, 6.07) is 6.17. The molecule has 1 fully saturated rings. The van der Waals surface area contributed by atoms with Crippen molar-refractivity contribution < 1.29 is 13.2 Å². The van der Waals surface area contributed by atoms with Crippen molar-refractivity contribution >= 4 is 5.69 Å². The fourth-order valence-corrected chi connectivity index (χ4v) is 2.59. The predicted molar refractivity (Wildman–Crippen MR) is 78.2 cm³/mol. The van der Waals surface area contributed by atoms with Crippen molar-refractivity contribution in [3.63, 3.8) is 0 Å². The molecule has 0 radical (unpaired) electrons. The molecule has 2 atom stereocenters. The molecular weight excluding hydrogens is 279 g/mol. The largest absolute Gasteiger partial charge is 0.416 e. The first-order chi connectivity index (χ1) is 9.77. The number of rotatable bonds is 3. The van der Waals surface area contributed by atoms with Crippen LogP contribution in [0.3, 0.4) is 0 Å². The Hall–Kier alpha value is -1.27. The highest BCUT2D eigenvalue weighted by molar-refractivity contribution is 5.46. The second kappa shape index (κ2) is 6.23. The Morgan fingerprint density at radius 2 is 1.90 bits per heavy atom. The Labute approximate surface area is 123 Å². The molecule has 1 aromatic carbocycles. The maximum atomic E-state index is 12.7. The molecule has 0 unspecified atom stereocenters. The van der Waals surface area contributed by atoms with Crippen LogP contribution in [0.2, 0.25) is 0 Å². The first kappa shape index (κ1) is 16.1. The van der Waals surface area contributed by atoms with Gasteiger partial charge in [0.05, 0.1) is 12.2 Å². The number of anilines is 1. The normalized spacial score (nSPS) is 25.0. The molecule has 0 aliphatic carbocycles. The fraction of sp³-hybridized carbons (Fsp3) is 0.600. The van der Waals surface area contributed by atoms with Gasteiger partial charge < -0.3 is 10.2 Å². The van der Waals surface area contributed by atoms with Gasteiger partial charge in [-0.15, -0.1) is 0 Å². The van der Waals surface area contributed by atoms with Crippen LogP contribution < -0.4 is 5.32 Å². The Morgan fingerprint density at radius 1 is 1.19 bits per heavy atom. The Balaban J connectivity index is 1.97. The molecule has 1 aliphatic rings. The van der Waals surface area contributed by atoms with E-state index in [1.165, 1.54) is 6.07 Å². The average Bonchev–Trinajstić information content (AvgIpc) is 2.41. The second-order valence-electron chi connectivity index (χ2n) is 5.82. The van der Waals surface area contributed by atoms with Gasteiger partial charge in [0.1, 0.15) is 0 Å². The molecule has 0 aromatic heterocycles. The summed E-state index contributed by atoms with van der Waals surface area (Å²) in [5.41, 5.74) is -0.115. The van der Waals surface area contributed by atoms with Crippen molar-refractivity contribution in [3.05, 3.63) is 29.8 Å². The van der Waals surface area contributed by atoms with Crippen LogP contribution in [0, 0.1) is 0 Å². The smallest absolute Gasteiger partial charge is 0.372 e. The van der Waals surface area contributed by atoms with E-state index in [-0.39, 0.29) is 0 Å². The van der Waals surface area contributed by atoms with E-state index in [0.29, 0.717) is 24.4 Å². The number of hydrogen-bond acceptors (Lipinski definition) is 3. The number of likely N-dealkylation sites (N-methyl/N-ethyl adjacent to an activating group) is 1. The van der Waals surface area contributed by atoms with Gasteiger partial charge in [-0.2, -0.15) is 13.2 Å². The van der Waals surface area contributed by atoms with Gasteiger partial charge in [0.15, 0.2) is 0 Å². The lowest BCUT2D eigenvalue weighted by Gasteiger charge is -2.42. The average molecular weight is 301 g/mol. The van der Waals surface area contributed by atoms with Crippen LogP contribution >= 0.6 is 0 Å². The molecule has 118 valence electrons. The molecule has 1 aromatic rings. The molecule has 1 heterocycles. The van der Waals surface area contributed by atoms with Crippen LogP contribution in [0.5, 0.6) is 0 Å². The first-order valence-corrected chi connectivity index (χ1v) is 7.13. The summed E-state index contributed by atoms with van der Waals surface area (Å²) in [5.74, 6) is 0. The minimum atomic E-state index is -4.30. The summed E-state index contributed by atoms with van der Waals surface area (Å²) in [5, 5.41) is 3.10. The lowest BCUT2D eigenvalue weighted by Crippen LogP contribution is -2.55. The summed E-state index contributed by atoms with van der Waals surface area (Å²) >= 11 is 0. The number of nitrogens with zero attached hydrogens (tertiary/aromatic N) is 2. The molecule has 0 amide bonds. The fourth-order valence-electron chi connectivity index (χ4n) is 2.59. The molecule has 2 rings (SSSR count). The van der Waals surface area contributed by atoms with E-state index in [1.807, 2.05) is 0 Å². The number of halogens is 3. The second-order valence-corrected chi connectivity index (χ2v) is 5.82. The van der Waals surface area contributed by atoms with E-state index < -0.39 is 11.7 Å². The monoisotopic (exact) mass is 301 g/mol. The minimum Gasteiger partial charge on any atom is -0.372 e. The Morgan fingerprint density at radius 3 is 2.57 bits per heavy atom. The highest BCUT2D eigenvalue weighted by Gasteiger charge is 2.30. The summed E-state index contributed by atoms with van der Waals surface area (Å²) in [6.07, 6.45) is -4.30. The lowest BCUT2D eigenvalue weighted by molar-refractivity contribution is -0.137. The molecule has 0 saturated carbocycles. The number of hydrogen-bond donors (Lipinski definition) is 1. The Bertz CT molecular complexity index is 475. The van der Waals surface area contributed by atoms with Gasteiger partial charge in [0, 0.05) is 30.9 Å². The topological polar surface area (TPSA) is 18.5 Å². The molecular formula is C15H22F3N3. The zero-order valence-corrected chi connectivity index (χ0v) is 12.6. The number of piperazine rings is 1. The number of alkyl halides is 3. The van der Waals surface area contributed by atoms with Crippen LogP contribution in [-0.2, 0) is 6.18 Å². The molecule has 1 saturated heterocycles. The molecule has 3 nitrogen and oxygen atoms in total. The summed E-state index contributed by atoms with van der Waals surface area (Å²) in [4.78, 5) is 4.55. The third-order valence-corrected chi connectivity index (χ3v) is 4.10.